The summed E-state index contributed by atoms with van der Waals surface area (Å²) in [7, 11) is 0. The number of carboxylic acids is 1. The molecule has 0 spiro atoms. The first kappa shape index (κ1) is 15.1. The maximum absolute atomic E-state index is 11.1. The summed E-state index contributed by atoms with van der Waals surface area (Å²) in [6.45, 7) is 2.04. The zero-order chi connectivity index (χ0) is 17.4. The van der Waals surface area contributed by atoms with Gasteiger partial charge in [-0.15, -0.1) is 0 Å². The van der Waals surface area contributed by atoms with E-state index in [9.17, 15) is 4.79 Å². The van der Waals surface area contributed by atoms with Crippen LogP contribution >= 0.6 is 0 Å². The van der Waals surface area contributed by atoms with Gasteiger partial charge in [0.1, 0.15) is 11.3 Å². The van der Waals surface area contributed by atoms with Crippen LogP contribution in [0.3, 0.4) is 0 Å². The van der Waals surface area contributed by atoms with Gasteiger partial charge >= 0.3 is 5.97 Å². The fourth-order valence-electron chi connectivity index (χ4n) is 2.89. The van der Waals surface area contributed by atoms with Crippen LogP contribution in [0.25, 0.3) is 28.2 Å². The number of carbonyl (C=O) groups is 1. The Labute approximate surface area is 144 Å². The third kappa shape index (κ3) is 2.65. The van der Waals surface area contributed by atoms with Crippen molar-refractivity contribution in [1.29, 1.82) is 0 Å². The second-order valence-corrected chi connectivity index (χ2v) is 5.84. The van der Waals surface area contributed by atoms with Gasteiger partial charge in [0.2, 0.25) is 0 Å². The lowest BCUT2D eigenvalue weighted by atomic mass is 10.1. The lowest BCUT2D eigenvalue weighted by Gasteiger charge is -2.09. The minimum Gasteiger partial charge on any atom is -0.478 e. The van der Waals surface area contributed by atoms with Gasteiger partial charge in [0.15, 0.2) is 5.65 Å². The molecule has 0 fully saturated rings. The Morgan fingerprint density at radius 2 is 1.84 bits per heavy atom. The van der Waals surface area contributed by atoms with Gasteiger partial charge in [-0.1, -0.05) is 23.8 Å². The molecule has 0 amide bonds. The van der Waals surface area contributed by atoms with Crippen LogP contribution in [0.1, 0.15) is 15.9 Å². The van der Waals surface area contributed by atoms with Crippen LogP contribution in [0.5, 0.6) is 0 Å². The predicted octanol–water partition coefficient (Wildman–Crippen LogP) is 4.09. The number of aromatic nitrogens is 3. The molecule has 0 saturated carbocycles. The lowest BCUT2D eigenvalue weighted by molar-refractivity contribution is 0.0697. The second kappa shape index (κ2) is 5.87. The van der Waals surface area contributed by atoms with Crippen molar-refractivity contribution < 1.29 is 9.90 Å². The van der Waals surface area contributed by atoms with E-state index in [2.05, 4.69) is 11.1 Å². The van der Waals surface area contributed by atoms with Gasteiger partial charge in [0.05, 0.1) is 5.56 Å². The third-order valence-corrected chi connectivity index (χ3v) is 4.06. The minimum absolute atomic E-state index is 0.248. The van der Waals surface area contributed by atoms with Gasteiger partial charge in [-0.25, -0.2) is 14.8 Å². The number of rotatable bonds is 3. The summed E-state index contributed by atoms with van der Waals surface area (Å²) >= 11 is 0. The first-order chi connectivity index (χ1) is 12.1. The minimum atomic E-state index is -0.945. The van der Waals surface area contributed by atoms with Crippen LogP contribution in [0.2, 0.25) is 0 Å². The molecule has 2 aromatic heterocycles. The van der Waals surface area contributed by atoms with Crippen molar-refractivity contribution in [3.05, 3.63) is 78.0 Å². The number of aryl methyl sites for hydroxylation is 1. The van der Waals surface area contributed by atoms with Gasteiger partial charge < -0.3 is 5.11 Å². The molecule has 0 atom stereocenters. The van der Waals surface area contributed by atoms with Crippen LogP contribution in [0.4, 0.5) is 0 Å². The monoisotopic (exact) mass is 329 g/mol. The quantitative estimate of drug-likeness (QED) is 0.614. The topological polar surface area (TPSA) is 68.0 Å². The Kier molecular flexibility index (Phi) is 3.54. The Morgan fingerprint density at radius 1 is 1.04 bits per heavy atom. The smallest absolute Gasteiger partial charge is 0.335 e. The van der Waals surface area contributed by atoms with E-state index in [4.69, 9.17) is 10.1 Å². The molecule has 0 bridgehead atoms. The SMILES string of the molecule is Cc1cccc(-c2nc3cccnc3n2-c2ccc(C(=O)O)cc2)c1. The third-order valence-electron chi connectivity index (χ3n) is 4.06. The van der Waals surface area contributed by atoms with Crippen molar-refractivity contribution in [2.24, 2.45) is 0 Å². The summed E-state index contributed by atoms with van der Waals surface area (Å²) < 4.78 is 1.95. The number of nitrogens with zero attached hydrogens (tertiary/aromatic N) is 3. The fraction of sp³-hybridized carbons (Fsp3) is 0.0500. The summed E-state index contributed by atoms with van der Waals surface area (Å²) in [5.41, 5.74) is 4.73. The fourth-order valence-corrected chi connectivity index (χ4v) is 2.89. The Bertz CT molecular complexity index is 1080. The van der Waals surface area contributed by atoms with Gasteiger partial charge in [-0.3, -0.25) is 4.57 Å². The van der Waals surface area contributed by atoms with Crippen molar-refractivity contribution in [1.82, 2.24) is 14.5 Å². The normalized spacial score (nSPS) is 10.9. The largest absolute Gasteiger partial charge is 0.478 e. The van der Waals surface area contributed by atoms with Crippen LogP contribution in [0, 0.1) is 6.92 Å². The molecule has 0 unspecified atom stereocenters. The summed E-state index contributed by atoms with van der Waals surface area (Å²) in [4.78, 5) is 20.3. The first-order valence-corrected chi connectivity index (χ1v) is 7.88. The van der Waals surface area contributed by atoms with E-state index in [0.717, 1.165) is 33.8 Å². The van der Waals surface area contributed by atoms with Gasteiger partial charge in [-0.05, 0) is 49.4 Å². The van der Waals surface area contributed by atoms with Crippen molar-refractivity contribution in [3.8, 4) is 17.1 Å². The summed E-state index contributed by atoms with van der Waals surface area (Å²) in [6.07, 6.45) is 1.73. The number of fused-ring (bicyclic) bond motifs is 1. The number of hydrogen-bond donors (Lipinski definition) is 1. The van der Waals surface area contributed by atoms with Crippen molar-refractivity contribution in [3.63, 3.8) is 0 Å². The number of imidazole rings is 1. The van der Waals surface area contributed by atoms with E-state index in [1.165, 1.54) is 0 Å². The highest BCUT2D eigenvalue weighted by Crippen LogP contribution is 2.28. The molecular weight excluding hydrogens is 314 g/mol. The highest BCUT2D eigenvalue weighted by atomic mass is 16.4. The Balaban J connectivity index is 1.98. The number of hydrogen-bond acceptors (Lipinski definition) is 3. The molecule has 0 radical (unpaired) electrons. The van der Waals surface area contributed by atoms with Crippen molar-refractivity contribution in [2.75, 3.05) is 0 Å². The van der Waals surface area contributed by atoms with E-state index in [0.29, 0.717) is 0 Å². The van der Waals surface area contributed by atoms with E-state index in [1.807, 2.05) is 41.8 Å². The van der Waals surface area contributed by atoms with E-state index < -0.39 is 5.97 Å². The van der Waals surface area contributed by atoms with Crippen molar-refractivity contribution in [2.45, 2.75) is 6.92 Å². The van der Waals surface area contributed by atoms with Crippen LogP contribution in [-0.4, -0.2) is 25.6 Å². The van der Waals surface area contributed by atoms with E-state index in [-0.39, 0.29) is 5.56 Å². The Hall–Kier alpha value is -3.47. The molecule has 0 aliphatic heterocycles. The molecule has 4 rings (SSSR count). The molecule has 25 heavy (non-hydrogen) atoms. The molecule has 0 saturated heterocycles. The maximum Gasteiger partial charge on any atom is 0.335 e. The maximum atomic E-state index is 11.1. The van der Waals surface area contributed by atoms with Crippen LogP contribution in [-0.2, 0) is 0 Å². The molecule has 1 N–H and O–H groups in total. The summed E-state index contributed by atoms with van der Waals surface area (Å²) in [5.74, 6) is -0.167. The lowest BCUT2D eigenvalue weighted by Crippen LogP contribution is -2.01. The molecule has 4 aromatic rings. The average Bonchev–Trinajstić information content (AvgIpc) is 3.01. The molecule has 5 nitrogen and oxygen atoms in total. The summed E-state index contributed by atoms with van der Waals surface area (Å²) in [6, 6.07) is 18.6. The average molecular weight is 329 g/mol. The molecule has 2 aromatic carbocycles. The zero-order valence-corrected chi connectivity index (χ0v) is 13.5. The molecule has 122 valence electrons. The van der Waals surface area contributed by atoms with Crippen molar-refractivity contribution >= 4 is 17.1 Å². The Morgan fingerprint density at radius 3 is 2.56 bits per heavy atom. The molecule has 5 heteroatoms. The van der Waals surface area contributed by atoms with E-state index >= 15 is 0 Å². The highest BCUT2D eigenvalue weighted by Gasteiger charge is 2.15. The number of benzene rings is 2. The van der Waals surface area contributed by atoms with Crippen LogP contribution < -0.4 is 0 Å². The molecule has 0 aliphatic rings. The predicted molar refractivity (Wildman–Crippen MR) is 96.0 cm³/mol. The zero-order valence-electron chi connectivity index (χ0n) is 13.5. The van der Waals surface area contributed by atoms with E-state index in [1.54, 1.807) is 30.5 Å². The number of aromatic carboxylic acids is 1. The van der Waals surface area contributed by atoms with Gasteiger partial charge in [0, 0.05) is 17.4 Å². The number of pyridine rings is 1. The van der Waals surface area contributed by atoms with Gasteiger partial charge in [-0.2, -0.15) is 0 Å². The van der Waals surface area contributed by atoms with Gasteiger partial charge in [0.25, 0.3) is 0 Å². The summed E-state index contributed by atoms with van der Waals surface area (Å²) in [5, 5.41) is 9.11. The number of carboxylic acid groups (broad SMARTS) is 1. The first-order valence-electron chi connectivity index (χ1n) is 7.88. The molecular formula is C20H15N3O2. The van der Waals surface area contributed by atoms with Crippen LogP contribution in [0.15, 0.2) is 66.9 Å². The molecule has 2 heterocycles. The second-order valence-electron chi connectivity index (χ2n) is 5.84. The highest BCUT2D eigenvalue weighted by molar-refractivity contribution is 5.88. The molecule has 0 aliphatic carbocycles. The standard InChI is InChI=1S/C20H15N3O2/c1-13-4-2-5-15(12-13)18-22-17-6-3-11-21-19(17)23(18)16-9-7-14(8-10-16)20(24)25/h2-12H,1H3,(H,24,25).